The Balaban J connectivity index is 2.15. The molecule has 0 saturated carbocycles. The van der Waals surface area contributed by atoms with E-state index in [1.165, 1.54) is 4.90 Å². The van der Waals surface area contributed by atoms with Crippen molar-refractivity contribution in [2.75, 3.05) is 6.54 Å². The van der Waals surface area contributed by atoms with Crippen molar-refractivity contribution in [3.8, 4) is 0 Å². The predicted octanol–water partition coefficient (Wildman–Crippen LogP) is 1.73. The van der Waals surface area contributed by atoms with Gasteiger partial charge in [-0.2, -0.15) is 0 Å². The van der Waals surface area contributed by atoms with Crippen molar-refractivity contribution in [1.29, 1.82) is 0 Å². The Morgan fingerprint density at radius 3 is 2.20 bits per heavy atom. The fourth-order valence-corrected chi connectivity index (χ4v) is 2.76. The summed E-state index contributed by atoms with van der Waals surface area (Å²) in [5, 5.41) is 0. The summed E-state index contributed by atoms with van der Waals surface area (Å²) in [6.45, 7) is 4.20. The molecule has 1 aliphatic rings. The normalized spacial score (nSPS) is 20.1. The molecule has 2 rings (SSSR count). The zero-order valence-electron chi connectivity index (χ0n) is 12.1. The number of piperidine rings is 1. The molecular formula is C16H22N2O2. The first kappa shape index (κ1) is 14.7. The summed E-state index contributed by atoms with van der Waals surface area (Å²) in [5.41, 5.74) is 6.65. The number of hydrogen-bond donors (Lipinski definition) is 1. The van der Waals surface area contributed by atoms with Crippen molar-refractivity contribution >= 4 is 11.8 Å². The Bertz CT molecular complexity index is 476. The van der Waals surface area contributed by atoms with Gasteiger partial charge in [0.1, 0.15) is 0 Å². The average molecular weight is 274 g/mol. The molecule has 108 valence electrons. The molecule has 1 fully saturated rings. The minimum absolute atomic E-state index is 0.0994. The van der Waals surface area contributed by atoms with Crippen molar-refractivity contribution in [3.63, 3.8) is 0 Å². The summed E-state index contributed by atoms with van der Waals surface area (Å²) in [4.78, 5) is 25.9. The van der Waals surface area contributed by atoms with Crippen LogP contribution in [0.25, 0.3) is 0 Å². The number of carbonyl (C=O) groups is 2. The van der Waals surface area contributed by atoms with Gasteiger partial charge in [-0.15, -0.1) is 0 Å². The molecule has 1 aromatic carbocycles. The van der Waals surface area contributed by atoms with Crippen LogP contribution in [0.5, 0.6) is 0 Å². The molecular weight excluding hydrogens is 252 g/mol. The highest BCUT2D eigenvalue weighted by atomic mass is 16.2. The number of hydrogen-bond acceptors (Lipinski definition) is 3. The summed E-state index contributed by atoms with van der Waals surface area (Å²) >= 11 is 0. The molecule has 4 nitrogen and oxygen atoms in total. The second-order valence-corrected chi connectivity index (χ2v) is 6.25. The van der Waals surface area contributed by atoms with E-state index in [-0.39, 0.29) is 23.3 Å². The van der Waals surface area contributed by atoms with Crippen molar-refractivity contribution in [3.05, 3.63) is 35.9 Å². The van der Waals surface area contributed by atoms with Crippen LogP contribution in [-0.4, -0.2) is 29.3 Å². The number of nitrogens with zero attached hydrogens (tertiary/aromatic N) is 1. The van der Waals surface area contributed by atoms with E-state index in [2.05, 4.69) is 0 Å². The third-order valence-corrected chi connectivity index (χ3v) is 3.75. The third-order valence-electron chi connectivity index (χ3n) is 3.75. The van der Waals surface area contributed by atoms with Crippen LogP contribution in [0, 0.1) is 5.41 Å². The molecule has 0 aromatic heterocycles. The first-order chi connectivity index (χ1) is 9.43. The zero-order valence-corrected chi connectivity index (χ0v) is 12.1. The maximum Gasteiger partial charge on any atom is 0.230 e. The van der Waals surface area contributed by atoms with Gasteiger partial charge in [0.05, 0.1) is 6.04 Å². The van der Waals surface area contributed by atoms with Gasteiger partial charge in [0.15, 0.2) is 0 Å². The molecule has 1 atom stereocenters. The van der Waals surface area contributed by atoms with Crippen LogP contribution >= 0.6 is 0 Å². The molecule has 0 bridgehead atoms. The SMILES string of the molecule is CC1(C)CC(=O)N(C(CN)Cc2ccccc2)C(=O)C1. The molecule has 2 amide bonds. The van der Waals surface area contributed by atoms with Crippen LogP contribution < -0.4 is 5.73 Å². The summed E-state index contributed by atoms with van der Waals surface area (Å²) < 4.78 is 0. The maximum atomic E-state index is 12.3. The second kappa shape index (κ2) is 5.75. The van der Waals surface area contributed by atoms with Gasteiger partial charge in [-0.3, -0.25) is 14.5 Å². The lowest BCUT2D eigenvalue weighted by atomic mass is 9.81. The molecule has 0 radical (unpaired) electrons. The van der Waals surface area contributed by atoms with Crippen LogP contribution in [0.15, 0.2) is 30.3 Å². The smallest absolute Gasteiger partial charge is 0.230 e. The molecule has 4 heteroatoms. The van der Waals surface area contributed by atoms with Gasteiger partial charge >= 0.3 is 0 Å². The summed E-state index contributed by atoms with van der Waals surface area (Å²) in [6.07, 6.45) is 1.43. The number of benzene rings is 1. The van der Waals surface area contributed by atoms with Crippen LogP contribution in [-0.2, 0) is 16.0 Å². The zero-order chi connectivity index (χ0) is 14.8. The van der Waals surface area contributed by atoms with Gasteiger partial charge < -0.3 is 5.73 Å². The Kier molecular flexibility index (Phi) is 4.23. The van der Waals surface area contributed by atoms with Gasteiger partial charge in [0, 0.05) is 19.4 Å². The van der Waals surface area contributed by atoms with Crippen LogP contribution in [0.1, 0.15) is 32.3 Å². The lowest BCUT2D eigenvalue weighted by Gasteiger charge is -2.38. The van der Waals surface area contributed by atoms with Gasteiger partial charge in [0.2, 0.25) is 11.8 Å². The maximum absolute atomic E-state index is 12.3. The number of imide groups is 1. The lowest BCUT2D eigenvalue weighted by molar-refractivity contribution is -0.155. The molecule has 0 aliphatic carbocycles. The van der Waals surface area contributed by atoms with Gasteiger partial charge in [-0.05, 0) is 17.4 Å². The topological polar surface area (TPSA) is 63.4 Å². The Morgan fingerprint density at radius 1 is 1.15 bits per heavy atom. The highest BCUT2D eigenvalue weighted by Gasteiger charge is 2.40. The molecule has 1 heterocycles. The largest absolute Gasteiger partial charge is 0.328 e. The van der Waals surface area contributed by atoms with E-state index in [9.17, 15) is 9.59 Å². The molecule has 20 heavy (non-hydrogen) atoms. The fraction of sp³-hybridized carbons (Fsp3) is 0.500. The van der Waals surface area contributed by atoms with E-state index in [0.29, 0.717) is 25.8 Å². The molecule has 1 aromatic rings. The van der Waals surface area contributed by atoms with E-state index in [0.717, 1.165) is 5.56 Å². The molecule has 1 aliphatic heterocycles. The number of amides is 2. The van der Waals surface area contributed by atoms with Crippen molar-refractivity contribution in [2.45, 2.75) is 39.2 Å². The van der Waals surface area contributed by atoms with Crippen LogP contribution in [0.3, 0.4) is 0 Å². The quantitative estimate of drug-likeness (QED) is 0.850. The van der Waals surface area contributed by atoms with Crippen LogP contribution in [0.2, 0.25) is 0 Å². The number of nitrogens with two attached hydrogens (primary N) is 1. The minimum Gasteiger partial charge on any atom is -0.328 e. The van der Waals surface area contributed by atoms with Crippen LogP contribution in [0.4, 0.5) is 0 Å². The van der Waals surface area contributed by atoms with E-state index >= 15 is 0 Å². The third kappa shape index (κ3) is 3.25. The van der Waals surface area contributed by atoms with E-state index in [1.807, 2.05) is 44.2 Å². The lowest BCUT2D eigenvalue weighted by Crippen LogP contribution is -2.54. The Morgan fingerprint density at radius 2 is 1.70 bits per heavy atom. The second-order valence-electron chi connectivity index (χ2n) is 6.25. The first-order valence-corrected chi connectivity index (χ1v) is 7.02. The van der Waals surface area contributed by atoms with E-state index in [4.69, 9.17) is 5.73 Å². The van der Waals surface area contributed by atoms with Crippen molar-refractivity contribution in [1.82, 2.24) is 4.90 Å². The van der Waals surface area contributed by atoms with E-state index in [1.54, 1.807) is 0 Å². The summed E-state index contributed by atoms with van der Waals surface area (Å²) in [6, 6.07) is 9.59. The standard InChI is InChI=1S/C16H22N2O2/c1-16(2)9-14(19)18(15(20)10-16)13(11-17)8-12-6-4-3-5-7-12/h3-7,13H,8-11,17H2,1-2H3. The molecule has 2 N–H and O–H groups in total. The van der Waals surface area contributed by atoms with Crippen molar-refractivity contribution in [2.24, 2.45) is 11.1 Å². The molecule has 1 saturated heterocycles. The summed E-state index contributed by atoms with van der Waals surface area (Å²) in [7, 11) is 0. The number of likely N-dealkylation sites (tertiary alicyclic amines) is 1. The molecule has 1 unspecified atom stereocenters. The minimum atomic E-state index is -0.242. The Labute approximate surface area is 119 Å². The van der Waals surface area contributed by atoms with Gasteiger partial charge in [-0.1, -0.05) is 44.2 Å². The predicted molar refractivity (Wildman–Crippen MR) is 77.9 cm³/mol. The fourth-order valence-electron chi connectivity index (χ4n) is 2.76. The van der Waals surface area contributed by atoms with Crippen molar-refractivity contribution < 1.29 is 9.59 Å². The first-order valence-electron chi connectivity index (χ1n) is 7.02. The van der Waals surface area contributed by atoms with Gasteiger partial charge in [-0.25, -0.2) is 0 Å². The van der Waals surface area contributed by atoms with Gasteiger partial charge in [0.25, 0.3) is 0 Å². The average Bonchev–Trinajstić information content (AvgIpc) is 2.36. The number of rotatable bonds is 4. The summed E-state index contributed by atoms with van der Waals surface area (Å²) in [5.74, 6) is -0.199. The Hall–Kier alpha value is -1.68. The highest BCUT2D eigenvalue weighted by molar-refractivity contribution is 5.98. The van der Waals surface area contributed by atoms with E-state index < -0.39 is 0 Å². The number of carbonyl (C=O) groups excluding carboxylic acids is 2. The monoisotopic (exact) mass is 274 g/mol. The molecule has 0 spiro atoms. The highest BCUT2D eigenvalue weighted by Crippen LogP contribution is 2.32.